The molecule has 0 bridgehead atoms. The average Bonchev–Trinajstić information content (AvgIpc) is 1.59. The lowest BCUT2D eigenvalue weighted by Crippen LogP contribution is -2.02. The first-order chi connectivity index (χ1) is 3.56. The summed E-state index contributed by atoms with van der Waals surface area (Å²) >= 11 is 2.22. The van der Waals surface area contributed by atoms with Crippen molar-refractivity contribution in [3.8, 4) is 0 Å². The second kappa shape index (κ2) is 3.38. The summed E-state index contributed by atoms with van der Waals surface area (Å²) in [7, 11) is 0. The normalized spacial score (nSPS) is 12.0. The van der Waals surface area contributed by atoms with Crippen LogP contribution in [0.4, 0.5) is 8.78 Å². The van der Waals surface area contributed by atoms with Gasteiger partial charge in [0.2, 0.25) is 0 Å². The van der Waals surface area contributed by atoms with Crippen LogP contribution in [0, 0.1) is 6.92 Å². The monoisotopic (exact) mass is 185 g/mol. The van der Waals surface area contributed by atoms with Crippen LogP contribution in [-0.4, -0.2) is 4.83 Å². The lowest BCUT2D eigenvalue weighted by molar-refractivity contribution is 0.102. The standard InChI is InChI=1S/C5H8BrF2/c1-2-3-4-5(6,7)8/h1-4H2. The molecular formula is C5H8BrF2. The van der Waals surface area contributed by atoms with Crippen LogP contribution in [0.15, 0.2) is 0 Å². The first kappa shape index (κ1) is 8.34. The van der Waals surface area contributed by atoms with Crippen LogP contribution < -0.4 is 0 Å². The molecule has 0 saturated carbocycles. The molecule has 0 saturated heterocycles. The SMILES string of the molecule is [CH2]CCCC(F)(F)Br. The number of hydrogen-bond acceptors (Lipinski definition) is 0. The van der Waals surface area contributed by atoms with E-state index in [0.717, 1.165) is 0 Å². The molecule has 0 atom stereocenters. The van der Waals surface area contributed by atoms with Crippen molar-refractivity contribution in [2.75, 3.05) is 0 Å². The Labute approximate surface area is 56.4 Å². The Bertz CT molecular complexity index is 57.9. The van der Waals surface area contributed by atoms with Crippen LogP contribution in [0.5, 0.6) is 0 Å². The minimum absolute atomic E-state index is 0.115. The molecule has 0 nitrogen and oxygen atoms in total. The Balaban J connectivity index is 3.11. The summed E-state index contributed by atoms with van der Waals surface area (Å²) in [5.41, 5.74) is 0. The molecule has 0 aromatic rings. The average molecular weight is 186 g/mol. The highest BCUT2D eigenvalue weighted by atomic mass is 79.9. The topological polar surface area (TPSA) is 0 Å². The Morgan fingerprint density at radius 1 is 1.50 bits per heavy atom. The van der Waals surface area contributed by atoms with Crippen molar-refractivity contribution in [2.45, 2.75) is 24.1 Å². The zero-order valence-corrected chi connectivity index (χ0v) is 6.05. The molecule has 0 fully saturated rings. The number of alkyl halides is 3. The summed E-state index contributed by atoms with van der Waals surface area (Å²) in [6, 6.07) is 0. The minimum atomic E-state index is -2.68. The van der Waals surface area contributed by atoms with E-state index >= 15 is 0 Å². The maximum atomic E-state index is 11.8. The largest absolute Gasteiger partial charge is 0.301 e. The highest BCUT2D eigenvalue weighted by molar-refractivity contribution is 9.09. The van der Waals surface area contributed by atoms with Gasteiger partial charge in [-0.25, -0.2) is 0 Å². The van der Waals surface area contributed by atoms with Crippen LogP contribution in [0.2, 0.25) is 0 Å². The van der Waals surface area contributed by atoms with Crippen molar-refractivity contribution in [1.82, 2.24) is 0 Å². The second-order valence-corrected chi connectivity index (χ2v) is 2.73. The molecule has 1 radical (unpaired) electrons. The Hall–Kier alpha value is 0.340. The van der Waals surface area contributed by atoms with E-state index in [4.69, 9.17) is 0 Å². The van der Waals surface area contributed by atoms with Crippen molar-refractivity contribution in [2.24, 2.45) is 0 Å². The van der Waals surface area contributed by atoms with Gasteiger partial charge in [-0.2, -0.15) is 8.78 Å². The van der Waals surface area contributed by atoms with Crippen molar-refractivity contribution in [3.05, 3.63) is 6.92 Å². The Morgan fingerprint density at radius 3 is 2.12 bits per heavy atom. The Morgan fingerprint density at radius 2 is 2.00 bits per heavy atom. The van der Waals surface area contributed by atoms with Crippen molar-refractivity contribution in [3.63, 3.8) is 0 Å². The van der Waals surface area contributed by atoms with Gasteiger partial charge in [-0.15, -0.1) is 0 Å². The predicted octanol–water partition coefficient (Wildman–Crippen LogP) is 2.98. The van der Waals surface area contributed by atoms with Gasteiger partial charge in [0.05, 0.1) is 0 Å². The van der Waals surface area contributed by atoms with Gasteiger partial charge in [-0.3, -0.25) is 0 Å². The van der Waals surface area contributed by atoms with E-state index in [2.05, 4.69) is 22.9 Å². The maximum Gasteiger partial charge on any atom is 0.301 e. The quantitative estimate of drug-likeness (QED) is 0.594. The summed E-state index contributed by atoms with van der Waals surface area (Å²) in [4.78, 5) is -2.68. The van der Waals surface area contributed by atoms with Gasteiger partial charge in [0.1, 0.15) is 0 Å². The molecule has 0 aromatic heterocycles. The predicted molar refractivity (Wildman–Crippen MR) is 33.1 cm³/mol. The molecule has 49 valence electrons. The lowest BCUT2D eigenvalue weighted by Gasteiger charge is -2.04. The number of unbranched alkanes of at least 4 members (excludes halogenated alkanes) is 1. The maximum absolute atomic E-state index is 11.8. The van der Waals surface area contributed by atoms with Gasteiger partial charge in [0.15, 0.2) is 0 Å². The van der Waals surface area contributed by atoms with Crippen molar-refractivity contribution >= 4 is 15.9 Å². The zero-order valence-electron chi connectivity index (χ0n) is 4.46. The molecule has 0 aromatic carbocycles. The molecular weight excluding hydrogens is 178 g/mol. The molecule has 3 heteroatoms. The third-order valence-corrected chi connectivity index (χ3v) is 1.11. The molecule has 0 amide bonds. The minimum Gasteiger partial charge on any atom is -0.194 e. The molecule has 0 rings (SSSR count). The Kier molecular flexibility index (Phi) is 3.53. The fourth-order valence-corrected chi connectivity index (χ4v) is 0.606. The number of halogens is 3. The summed E-state index contributed by atoms with van der Waals surface area (Å²) in [6.45, 7) is 3.43. The van der Waals surface area contributed by atoms with Gasteiger partial charge < -0.3 is 0 Å². The van der Waals surface area contributed by atoms with Crippen LogP contribution in [0.3, 0.4) is 0 Å². The smallest absolute Gasteiger partial charge is 0.194 e. The number of hydrogen-bond donors (Lipinski definition) is 0. The van der Waals surface area contributed by atoms with E-state index in [1.54, 1.807) is 0 Å². The molecule has 0 spiro atoms. The molecule has 0 unspecified atom stereocenters. The fraction of sp³-hybridized carbons (Fsp3) is 0.800. The second-order valence-electron chi connectivity index (χ2n) is 1.57. The summed E-state index contributed by atoms with van der Waals surface area (Å²) < 4.78 is 23.6. The third kappa shape index (κ3) is 6.34. The van der Waals surface area contributed by atoms with Crippen LogP contribution in [0.25, 0.3) is 0 Å². The molecule has 0 aliphatic carbocycles. The van der Waals surface area contributed by atoms with Crippen LogP contribution >= 0.6 is 15.9 Å². The van der Waals surface area contributed by atoms with Gasteiger partial charge in [-0.1, -0.05) is 13.3 Å². The highest BCUT2D eigenvalue weighted by Crippen LogP contribution is 2.27. The van der Waals surface area contributed by atoms with Gasteiger partial charge in [-0.05, 0) is 22.4 Å². The first-order valence-electron chi connectivity index (χ1n) is 2.42. The summed E-state index contributed by atoms with van der Waals surface area (Å²) in [5, 5.41) is 0. The van der Waals surface area contributed by atoms with Gasteiger partial charge >= 0.3 is 4.83 Å². The molecule has 8 heavy (non-hydrogen) atoms. The van der Waals surface area contributed by atoms with E-state index in [0.29, 0.717) is 12.8 Å². The van der Waals surface area contributed by atoms with E-state index < -0.39 is 4.83 Å². The van der Waals surface area contributed by atoms with Gasteiger partial charge in [0, 0.05) is 6.42 Å². The van der Waals surface area contributed by atoms with Crippen molar-refractivity contribution < 1.29 is 8.78 Å². The lowest BCUT2D eigenvalue weighted by atomic mass is 10.3. The van der Waals surface area contributed by atoms with Gasteiger partial charge in [0.25, 0.3) is 0 Å². The molecule has 0 N–H and O–H groups in total. The van der Waals surface area contributed by atoms with Crippen LogP contribution in [-0.2, 0) is 0 Å². The third-order valence-electron chi connectivity index (χ3n) is 0.710. The molecule has 0 heterocycles. The van der Waals surface area contributed by atoms with E-state index in [-0.39, 0.29) is 6.42 Å². The fourth-order valence-electron chi connectivity index (χ4n) is 0.325. The zero-order chi connectivity index (χ0) is 6.62. The van der Waals surface area contributed by atoms with Crippen molar-refractivity contribution in [1.29, 1.82) is 0 Å². The summed E-state index contributed by atoms with van der Waals surface area (Å²) in [6.07, 6.45) is 0.927. The molecule has 0 aliphatic heterocycles. The first-order valence-corrected chi connectivity index (χ1v) is 3.21. The molecule has 0 aliphatic rings. The van der Waals surface area contributed by atoms with E-state index in [1.165, 1.54) is 0 Å². The number of rotatable bonds is 3. The van der Waals surface area contributed by atoms with E-state index in [9.17, 15) is 8.78 Å². The summed E-state index contributed by atoms with van der Waals surface area (Å²) in [5.74, 6) is 0. The van der Waals surface area contributed by atoms with Crippen LogP contribution in [0.1, 0.15) is 19.3 Å². The van der Waals surface area contributed by atoms with E-state index in [1.807, 2.05) is 0 Å². The highest BCUT2D eigenvalue weighted by Gasteiger charge is 2.21.